The maximum atomic E-state index is 12.7. The lowest BCUT2D eigenvalue weighted by Gasteiger charge is -2.11. The van der Waals surface area contributed by atoms with Crippen molar-refractivity contribution in [1.29, 1.82) is 0 Å². The Bertz CT molecular complexity index is 1250. The van der Waals surface area contributed by atoms with Crippen LogP contribution in [0.2, 0.25) is 0 Å². The van der Waals surface area contributed by atoms with Gasteiger partial charge in [-0.15, -0.1) is 0 Å². The van der Waals surface area contributed by atoms with Gasteiger partial charge in [0.1, 0.15) is 16.4 Å². The largest absolute Gasteiger partial charge is 0.506 e. The molecule has 1 N–H and O–H groups in total. The second-order valence-corrected chi connectivity index (χ2v) is 8.49. The SMILES string of the molecule is CCOC(=O)C1=C(O)/C(=C/c2ccc(N(C)C)cc2)SC1=Nc1cccc2ccccc12. The van der Waals surface area contributed by atoms with Gasteiger partial charge in [0, 0.05) is 25.2 Å². The number of carbonyl (C=O) groups is 1. The molecule has 0 unspecified atom stereocenters. The van der Waals surface area contributed by atoms with E-state index in [2.05, 4.69) is 0 Å². The van der Waals surface area contributed by atoms with E-state index in [4.69, 9.17) is 9.73 Å². The highest BCUT2D eigenvalue weighted by atomic mass is 32.2. The number of fused-ring (bicyclic) bond motifs is 1. The van der Waals surface area contributed by atoms with E-state index in [1.165, 1.54) is 11.8 Å². The molecule has 0 fully saturated rings. The van der Waals surface area contributed by atoms with Gasteiger partial charge in [-0.1, -0.05) is 60.3 Å². The van der Waals surface area contributed by atoms with Crippen LogP contribution in [-0.4, -0.2) is 36.8 Å². The quantitative estimate of drug-likeness (QED) is 0.482. The molecular weight excluding hydrogens is 420 g/mol. The third-order valence-electron chi connectivity index (χ3n) is 5.07. The topological polar surface area (TPSA) is 62.1 Å². The van der Waals surface area contributed by atoms with E-state index in [1.807, 2.05) is 91.8 Å². The fraction of sp³-hybridized carbons (Fsp3) is 0.154. The highest BCUT2D eigenvalue weighted by molar-refractivity contribution is 8.18. The molecule has 0 atom stereocenters. The number of ether oxygens (including phenoxy) is 1. The molecule has 1 heterocycles. The summed E-state index contributed by atoms with van der Waals surface area (Å²) in [5, 5.41) is 13.4. The molecule has 0 radical (unpaired) electrons. The van der Waals surface area contributed by atoms with Crippen LogP contribution in [0.4, 0.5) is 11.4 Å². The number of aliphatic hydroxyl groups excluding tert-OH is 1. The molecule has 162 valence electrons. The summed E-state index contributed by atoms with van der Waals surface area (Å²) < 4.78 is 5.21. The van der Waals surface area contributed by atoms with Gasteiger partial charge in [-0.2, -0.15) is 0 Å². The van der Waals surface area contributed by atoms with Crippen molar-refractivity contribution < 1.29 is 14.6 Å². The fourth-order valence-corrected chi connectivity index (χ4v) is 4.46. The van der Waals surface area contributed by atoms with Gasteiger partial charge >= 0.3 is 5.97 Å². The average Bonchev–Trinajstić information content (AvgIpc) is 3.09. The molecule has 0 amide bonds. The van der Waals surface area contributed by atoms with Gasteiger partial charge in [0.15, 0.2) is 0 Å². The first-order valence-electron chi connectivity index (χ1n) is 10.3. The number of hydrogen-bond donors (Lipinski definition) is 1. The van der Waals surface area contributed by atoms with Crippen LogP contribution in [0, 0.1) is 0 Å². The van der Waals surface area contributed by atoms with E-state index in [9.17, 15) is 9.90 Å². The number of esters is 1. The van der Waals surface area contributed by atoms with Crippen LogP contribution < -0.4 is 4.90 Å². The van der Waals surface area contributed by atoms with Gasteiger partial charge in [0.25, 0.3) is 0 Å². The number of carbonyl (C=O) groups excluding carboxylic acids is 1. The van der Waals surface area contributed by atoms with E-state index >= 15 is 0 Å². The summed E-state index contributed by atoms with van der Waals surface area (Å²) in [4.78, 5) is 20.0. The molecular formula is C26H24N2O3S. The molecule has 0 spiro atoms. The molecule has 4 rings (SSSR count). The summed E-state index contributed by atoms with van der Waals surface area (Å²) >= 11 is 1.27. The number of nitrogens with zero attached hydrogens (tertiary/aromatic N) is 2. The van der Waals surface area contributed by atoms with Crippen LogP contribution in [0.3, 0.4) is 0 Å². The van der Waals surface area contributed by atoms with Gasteiger partial charge in [-0.3, -0.25) is 0 Å². The van der Waals surface area contributed by atoms with Crippen molar-refractivity contribution in [3.63, 3.8) is 0 Å². The lowest BCUT2D eigenvalue weighted by molar-refractivity contribution is -0.138. The van der Waals surface area contributed by atoms with E-state index in [-0.39, 0.29) is 17.9 Å². The molecule has 1 aliphatic heterocycles. The Hall–Kier alpha value is -3.51. The molecule has 0 saturated carbocycles. The van der Waals surface area contributed by atoms with Gasteiger partial charge in [-0.05, 0) is 42.1 Å². The predicted octanol–water partition coefficient (Wildman–Crippen LogP) is 6.10. The Morgan fingerprint density at radius 3 is 2.50 bits per heavy atom. The van der Waals surface area contributed by atoms with Gasteiger partial charge in [0.05, 0.1) is 17.2 Å². The lowest BCUT2D eigenvalue weighted by atomic mass is 10.1. The lowest BCUT2D eigenvalue weighted by Crippen LogP contribution is -2.12. The first-order valence-corrected chi connectivity index (χ1v) is 11.1. The third kappa shape index (κ3) is 4.41. The van der Waals surface area contributed by atoms with Crippen LogP contribution in [-0.2, 0) is 9.53 Å². The predicted molar refractivity (Wildman–Crippen MR) is 134 cm³/mol. The molecule has 32 heavy (non-hydrogen) atoms. The summed E-state index contributed by atoms with van der Waals surface area (Å²) in [5.41, 5.74) is 2.83. The van der Waals surface area contributed by atoms with Crippen LogP contribution in [0.25, 0.3) is 16.8 Å². The van der Waals surface area contributed by atoms with Gasteiger partial charge in [0.2, 0.25) is 0 Å². The Balaban J connectivity index is 1.77. The molecule has 6 heteroatoms. The van der Waals surface area contributed by atoms with E-state index < -0.39 is 5.97 Å². The summed E-state index contributed by atoms with van der Waals surface area (Å²) in [6.07, 6.45) is 1.85. The van der Waals surface area contributed by atoms with Crippen LogP contribution in [0.5, 0.6) is 0 Å². The minimum Gasteiger partial charge on any atom is -0.506 e. The van der Waals surface area contributed by atoms with Crippen LogP contribution in [0.15, 0.2) is 88.0 Å². The molecule has 3 aromatic rings. The zero-order valence-corrected chi connectivity index (χ0v) is 19.0. The number of aliphatic imine (C=N–C) groups is 1. The van der Waals surface area contributed by atoms with Crippen molar-refractivity contribution in [2.45, 2.75) is 6.92 Å². The first-order chi connectivity index (χ1) is 15.5. The number of anilines is 1. The number of rotatable bonds is 5. The fourth-order valence-electron chi connectivity index (χ4n) is 3.43. The summed E-state index contributed by atoms with van der Waals surface area (Å²) in [6, 6.07) is 21.7. The Morgan fingerprint density at radius 2 is 1.78 bits per heavy atom. The number of hydrogen-bond acceptors (Lipinski definition) is 6. The van der Waals surface area contributed by atoms with E-state index in [0.29, 0.717) is 9.95 Å². The van der Waals surface area contributed by atoms with E-state index in [1.54, 1.807) is 6.92 Å². The van der Waals surface area contributed by atoms with Crippen LogP contribution in [0.1, 0.15) is 12.5 Å². The zero-order chi connectivity index (χ0) is 22.7. The molecule has 0 aromatic heterocycles. The maximum absolute atomic E-state index is 12.7. The molecule has 0 aliphatic carbocycles. The summed E-state index contributed by atoms with van der Waals surface area (Å²) in [6.45, 7) is 1.95. The van der Waals surface area contributed by atoms with Crippen molar-refractivity contribution in [2.24, 2.45) is 4.99 Å². The minimum atomic E-state index is -0.581. The molecule has 3 aromatic carbocycles. The Morgan fingerprint density at radius 1 is 1.06 bits per heavy atom. The molecule has 1 aliphatic rings. The van der Waals surface area contributed by atoms with E-state index in [0.717, 1.165) is 27.7 Å². The highest BCUT2D eigenvalue weighted by Gasteiger charge is 2.33. The summed E-state index contributed by atoms with van der Waals surface area (Å²) in [7, 11) is 3.97. The number of aliphatic hydroxyl groups is 1. The van der Waals surface area contributed by atoms with Crippen molar-refractivity contribution in [3.05, 3.63) is 88.5 Å². The Labute approximate surface area is 191 Å². The van der Waals surface area contributed by atoms with Crippen molar-refractivity contribution in [3.8, 4) is 0 Å². The molecule has 0 saturated heterocycles. The Kier molecular flexibility index (Phi) is 6.32. The van der Waals surface area contributed by atoms with Gasteiger partial charge < -0.3 is 14.7 Å². The highest BCUT2D eigenvalue weighted by Crippen LogP contribution is 2.41. The minimum absolute atomic E-state index is 0.0981. The molecule has 5 nitrogen and oxygen atoms in total. The molecule has 0 bridgehead atoms. The van der Waals surface area contributed by atoms with Crippen molar-refractivity contribution in [1.82, 2.24) is 0 Å². The van der Waals surface area contributed by atoms with Gasteiger partial charge in [-0.25, -0.2) is 9.79 Å². The van der Waals surface area contributed by atoms with Crippen LogP contribution >= 0.6 is 11.8 Å². The second-order valence-electron chi connectivity index (χ2n) is 7.46. The zero-order valence-electron chi connectivity index (χ0n) is 18.2. The third-order valence-corrected chi connectivity index (χ3v) is 6.09. The first kappa shape index (κ1) is 21.7. The smallest absolute Gasteiger partial charge is 0.344 e. The van der Waals surface area contributed by atoms with Crippen molar-refractivity contribution >= 4 is 51.0 Å². The number of benzene rings is 3. The standard InChI is InChI=1S/C26H24N2O3S/c1-4-31-26(30)23-24(29)22(16-17-12-14-19(15-13-17)28(2)3)32-25(23)27-21-11-7-9-18-8-5-6-10-20(18)21/h5-16,29H,4H2,1-3H3/b22-16-,27-25?. The second kappa shape index (κ2) is 9.32. The average molecular weight is 445 g/mol. The maximum Gasteiger partial charge on any atom is 0.344 e. The number of thioether (sulfide) groups is 1. The monoisotopic (exact) mass is 444 g/mol. The van der Waals surface area contributed by atoms with Crippen molar-refractivity contribution in [2.75, 3.05) is 25.6 Å². The summed E-state index contributed by atoms with van der Waals surface area (Å²) in [5.74, 6) is -0.688. The normalized spacial score (nSPS) is 16.2.